The average molecular weight is 378 g/mol. The monoisotopic (exact) mass is 378 g/mol. The highest BCUT2D eigenvalue weighted by atomic mass is 127. The molecular weight excluding hydrogens is 351 g/mol. The van der Waals surface area contributed by atoms with E-state index in [0.29, 0.717) is 29.1 Å². The summed E-state index contributed by atoms with van der Waals surface area (Å²) in [4.78, 5) is 11.8. The van der Waals surface area contributed by atoms with Crippen LogP contribution in [0.2, 0.25) is 0 Å². The third kappa shape index (κ3) is 2.81. The summed E-state index contributed by atoms with van der Waals surface area (Å²) in [6.07, 6.45) is 7.13. The Bertz CT molecular complexity index is 353. The van der Waals surface area contributed by atoms with E-state index in [-0.39, 0.29) is 5.97 Å². The Labute approximate surface area is 131 Å². The topological polar surface area (TPSA) is 26.3 Å². The van der Waals surface area contributed by atoms with Gasteiger partial charge in [0.05, 0.1) is 0 Å². The number of halogens is 1. The summed E-state index contributed by atoms with van der Waals surface area (Å²) in [6, 6.07) is 0. The lowest BCUT2D eigenvalue weighted by Gasteiger charge is -2.59. The van der Waals surface area contributed by atoms with E-state index in [1.165, 1.54) is 32.1 Å². The van der Waals surface area contributed by atoms with E-state index in [2.05, 4.69) is 27.7 Å². The van der Waals surface area contributed by atoms with Crippen molar-refractivity contribution in [1.29, 1.82) is 0 Å². The highest BCUT2D eigenvalue weighted by Crippen LogP contribution is 2.61. The highest BCUT2D eigenvalue weighted by molar-refractivity contribution is 14.1. The molecule has 0 aromatic rings. The van der Waals surface area contributed by atoms with Crippen molar-refractivity contribution >= 4 is 29.0 Å². The second-order valence-corrected chi connectivity index (χ2v) is 8.16. The summed E-state index contributed by atoms with van der Waals surface area (Å²) in [6.45, 7) is 9.63. The van der Waals surface area contributed by atoms with Crippen LogP contribution < -0.4 is 0 Å². The van der Waals surface area contributed by atoms with Gasteiger partial charge in [-0.05, 0) is 47.8 Å². The van der Waals surface area contributed by atoms with Gasteiger partial charge in [0.1, 0.15) is 0 Å². The van der Waals surface area contributed by atoms with Crippen LogP contribution in [0.4, 0.5) is 0 Å². The minimum Gasteiger partial charge on any atom is -0.394 e. The summed E-state index contributed by atoms with van der Waals surface area (Å²) in [5.74, 6) is 1.86. The molecule has 0 unspecified atom stereocenters. The molecule has 0 amide bonds. The Morgan fingerprint density at radius 1 is 1.26 bits per heavy atom. The predicted molar refractivity (Wildman–Crippen MR) is 85.8 cm³/mol. The van der Waals surface area contributed by atoms with E-state index in [1.54, 1.807) is 23.0 Å². The molecular formula is C16H27IO2. The number of carbonyl (C=O) groups is 1. The van der Waals surface area contributed by atoms with Gasteiger partial charge in [0.25, 0.3) is 0 Å². The van der Waals surface area contributed by atoms with Gasteiger partial charge in [0.15, 0.2) is 23.0 Å². The van der Waals surface area contributed by atoms with Crippen LogP contribution in [0.3, 0.4) is 0 Å². The first kappa shape index (κ1) is 15.6. The number of hydrogen-bond donors (Lipinski definition) is 0. The van der Waals surface area contributed by atoms with Gasteiger partial charge in [0.2, 0.25) is 0 Å². The fraction of sp³-hybridized carbons (Fsp3) is 0.938. The number of carbonyl (C=O) groups excluding carboxylic acids is 1. The van der Waals surface area contributed by atoms with Crippen molar-refractivity contribution in [2.45, 2.75) is 66.2 Å². The molecule has 2 saturated carbocycles. The second kappa shape index (κ2) is 5.53. The van der Waals surface area contributed by atoms with Gasteiger partial charge in [-0.1, -0.05) is 40.5 Å². The van der Waals surface area contributed by atoms with E-state index in [1.807, 2.05) is 0 Å². The van der Waals surface area contributed by atoms with E-state index in [4.69, 9.17) is 3.07 Å². The summed E-state index contributed by atoms with van der Waals surface area (Å²) in [7, 11) is 0. The lowest BCUT2D eigenvalue weighted by atomic mass is 9.46. The second-order valence-electron chi connectivity index (χ2n) is 7.71. The number of hydrogen-bond acceptors (Lipinski definition) is 2. The first-order valence-corrected chi connectivity index (χ1v) is 8.51. The van der Waals surface area contributed by atoms with Crippen molar-refractivity contribution in [3.8, 4) is 0 Å². The van der Waals surface area contributed by atoms with Gasteiger partial charge in [-0.3, -0.25) is 4.79 Å². The zero-order valence-corrected chi connectivity index (χ0v) is 14.8. The lowest BCUT2D eigenvalue weighted by molar-refractivity contribution is -0.141. The number of rotatable bonds is 2. The van der Waals surface area contributed by atoms with Crippen LogP contribution in [0.1, 0.15) is 66.2 Å². The Morgan fingerprint density at radius 2 is 1.95 bits per heavy atom. The number of fused-ring (bicyclic) bond motifs is 1. The molecule has 0 aromatic carbocycles. The summed E-state index contributed by atoms with van der Waals surface area (Å²) in [5.41, 5.74) is 0.754. The molecule has 2 aliphatic rings. The minimum atomic E-state index is -0.0392. The van der Waals surface area contributed by atoms with Gasteiger partial charge >= 0.3 is 5.97 Å². The molecule has 110 valence electrons. The summed E-state index contributed by atoms with van der Waals surface area (Å²) in [5, 5.41) is 0. The molecule has 0 radical (unpaired) electrons. The SMILES string of the molecule is C[C@H]1CC[C@H]2C(C)(C)CCC[C@]2(C)[C@H]1CC(=O)OI. The minimum absolute atomic E-state index is 0.0392. The molecule has 2 nitrogen and oxygen atoms in total. The highest BCUT2D eigenvalue weighted by Gasteiger charge is 2.54. The Kier molecular flexibility index (Phi) is 4.54. The maximum atomic E-state index is 11.8. The molecule has 0 heterocycles. The average Bonchev–Trinajstić information content (AvgIpc) is 2.32. The van der Waals surface area contributed by atoms with Gasteiger partial charge in [-0.25, -0.2) is 0 Å². The van der Waals surface area contributed by atoms with Crippen LogP contribution in [0.15, 0.2) is 0 Å². The molecule has 0 aromatic heterocycles. The first-order valence-electron chi connectivity index (χ1n) is 7.62. The van der Waals surface area contributed by atoms with Crippen LogP contribution in [-0.2, 0) is 7.86 Å². The van der Waals surface area contributed by atoms with Crippen molar-refractivity contribution in [3.63, 3.8) is 0 Å². The van der Waals surface area contributed by atoms with E-state index < -0.39 is 0 Å². The molecule has 0 saturated heterocycles. The van der Waals surface area contributed by atoms with Gasteiger partial charge in [-0.2, -0.15) is 0 Å². The van der Waals surface area contributed by atoms with Crippen molar-refractivity contribution in [2.24, 2.45) is 28.6 Å². The van der Waals surface area contributed by atoms with Crippen molar-refractivity contribution in [1.82, 2.24) is 0 Å². The molecule has 0 N–H and O–H groups in total. The largest absolute Gasteiger partial charge is 0.394 e. The van der Waals surface area contributed by atoms with Crippen molar-refractivity contribution in [3.05, 3.63) is 0 Å². The maximum Gasteiger partial charge on any atom is 0.315 e. The van der Waals surface area contributed by atoms with Crippen LogP contribution in [0.25, 0.3) is 0 Å². The van der Waals surface area contributed by atoms with Gasteiger partial charge in [0, 0.05) is 6.42 Å². The molecule has 2 fully saturated rings. The fourth-order valence-corrected chi connectivity index (χ4v) is 5.44. The van der Waals surface area contributed by atoms with Crippen LogP contribution >= 0.6 is 23.0 Å². The molecule has 0 bridgehead atoms. The summed E-state index contributed by atoms with van der Waals surface area (Å²) >= 11 is 1.73. The van der Waals surface area contributed by atoms with Crippen LogP contribution in [-0.4, -0.2) is 5.97 Å². The fourth-order valence-electron chi connectivity index (χ4n) is 5.26. The standard InChI is InChI=1S/C16H27IO2/c1-11-6-7-13-15(2,3)8-5-9-16(13,4)12(11)10-14(18)19-17/h11-13H,5-10H2,1-4H3/t11-,12-,13-,16+/m0/s1. The zero-order valence-electron chi connectivity index (χ0n) is 12.7. The first-order chi connectivity index (χ1) is 8.81. The van der Waals surface area contributed by atoms with Crippen LogP contribution in [0.5, 0.6) is 0 Å². The normalized spacial score (nSPS) is 41.4. The van der Waals surface area contributed by atoms with E-state index in [9.17, 15) is 4.79 Å². The Hall–Kier alpha value is 0.200. The molecule has 0 aliphatic heterocycles. The smallest absolute Gasteiger partial charge is 0.315 e. The molecule has 0 spiro atoms. The third-order valence-electron chi connectivity index (χ3n) is 6.19. The van der Waals surface area contributed by atoms with Crippen molar-refractivity contribution in [2.75, 3.05) is 0 Å². The summed E-state index contributed by atoms with van der Waals surface area (Å²) < 4.78 is 4.91. The van der Waals surface area contributed by atoms with Gasteiger partial charge in [-0.15, -0.1) is 0 Å². The van der Waals surface area contributed by atoms with E-state index in [0.717, 1.165) is 5.92 Å². The molecule has 2 rings (SSSR count). The Morgan fingerprint density at radius 3 is 2.58 bits per heavy atom. The quantitative estimate of drug-likeness (QED) is 0.622. The van der Waals surface area contributed by atoms with Crippen LogP contribution in [0, 0.1) is 28.6 Å². The lowest BCUT2D eigenvalue weighted by Crippen LogP contribution is -2.51. The molecule has 19 heavy (non-hydrogen) atoms. The third-order valence-corrected chi connectivity index (χ3v) is 6.68. The van der Waals surface area contributed by atoms with Crippen molar-refractivity contribution < 1.29 is 7.86 Å². The maximum absolute atomic E-state index is 11.8. The van der Waals surface area contributed by atoms with Gasteiger partial charge < -0.3 is 3.07 Å². The molecule has 4 atom stereocenters. The predicted octanol–water partition coefficient (Wildman–Crippen LogP) is 5.15. The molecule has 3 heteroatoms. The van der Waals surface area contributed by atoms with E-state index >= 15 is 0 Å². The Balaban J connectivity index is 2.27. The zero-order chi connectivity index (χ0) is 14.3. The molecule has 2 aliphatic carbocycles.